The minimum atomic E-state index is -0.466. The number of aryl methyl sites for hydroxylation is 1. The molecule has 1 aliphatic rings. The molecule has 1 aliphatic heterocycles. The molecule has 1 unspecified atom stereocenters. The molecule has 0 radical (unpaired) electrons. The number of nitrogens with zero attached hydrogens (tertiary/aromatic N) is 6. The highest BCUT2D eigenvalue weighted by molar-refractivity contribution is 5.81. The van der Waals surface area contributed by atoms with Crippen LogP contribution in [0.25, 0.3) is 28.1 Å². The van der Waals surface area contributed by atoms with Crippen LogP contribution in [-0.2, 0) is 11.3 Å². The molecule has 4 heterocycles. The van der Waals surface area contributed by atoms with E-state index in [1.165, 1.54) is 0 Å². The first-order valence-electron chi connectivity index (χ1n) is 11.7. The van der Waals surface area contributed by atoms with Gasteiger partial charge in [0, 0.05) is 32.7 Å². The number of hydrogen-bond donors (Lipinski definition) is 0. The number of morpholine rings is 1. The highest BCUT2D eigenvalue weighted by Gasteiger charge is 2.17. The molecule has 3 aromatic heterocycles. The number of aromatic nitrogens is 5. The van der Waals surface area contributed by atoms with Crippen LogP contribution < -0.4 is 4.74 Å². The minimum absolute atomic E-state index is 0.466. The molecule has 5 rings (SSSR count). The molecule has 4 aromatic rings. The fourth-order valence-corrected chi connectivity index (χ4v) is 3.93. The number of fused-ring (bicyclic) bond motifs is 3. The average molecular weight is 435 g/mol. The van der Waals surface area contributed by atoms with E-state index in [0.717, 1.165) is 53.8 Å². The van der Waals surface area contributed by atoms with Crippen LogP contribution in [0.2, 0.25) is 0 Å². The summed E-state index contributed by atoms with van der Waals surface area (Å²) in [6.07, 6.45) is 5.56. The van der Waals surface area contributed by atoms with Gasteiger partial charge in [-0.25, -0.2) is 4.98 Å². The van der Waals surface area contributed by atoms with E-state index in [-0.39, 0.29) is 0 Å². The molecule has 8 nitrogen and oxygen atoms in total. The first-order chi connectivity index (χ1) is 16.2. The van der Waals surface area contributed by atoms with Crippen LogP contribution in [0.3, 0.4) is 0 Å². The van der Waals surface area contributed by atoms with Crippen LogP contribution in [0.15, 0.2) is 36.7 Å². The summed E-state index contributed by atoms with van der Waals surface area (Å²) in [5.41, 5.74) is 4.93. The van der Waals surface area contributed by atoms with Gasteiger partial charge in [-0.05, 0) is 37.1 Å². The van der Waals surface area contributed by atoms with Gasteiger partial charge in [0.05, 0.1) is 42.7 Å². The average Bonchev–Trinajstić information content (AvgIpc) is 3.31. The number of ether oxygens (including phenoxy) is 2. The van der Waals surface area contributed by atoms with E-state index in [4.69, 9.17) is 15.8 Å². The molecule has 0 aliphatic carbocycles. The summed E-state index contributed by atoms with van der Waals surface area (Å²) in [6, 6.07) is 7.95. The predicted octanol–water partition coefficient (Wildman–Crippen LogP) is 3.66. The van der Waals surface area contributed by atoms with E-state index in [0.29, 0.717) is 37.0 Å². The summed E-state index contributed by atoms with van der Waals surface area (Å²) in [6.45, 7) is 7.09. The van der Waals surface area contributed by atoms with Crippen LogP contribution >= 0.6 is 0 Å². The minimum Gasteiger partial charge on any atom is -0.492 e. The van der Waals surface area contributed by atoms with Gasteiger partial charge >= 0.3 is 0 Å². The number of rotatable bonds is 7. The van der Waals surface area contributed by atoms with Gasteiger partial charge in [0.15, 0.2) is 11.5 Å². The molecule has 1 aromatic carbocycles. The lowest BCUT2D eigenvalue weighted by Crippen LogP contribution is -2.35. The lowest BCUT2D eigenvalue weighted by molar-refractivity contribution is 0.0342. The Kier molecular flexibility index (Phi) is 5.61. The molecule has 8 heteroatoms. The molecule has 0 amide bonds. The molecule has 32 heavy (non-hydrogen) atoms. The largest absolute Gasteiger partial charge is 0.492 e. The third kappa shape index (κ3) is 4.16. The molecular weight excluding hydrogens is 404 g/mol. The van der Waals surface area contributed by atoms with Crippen molar-refractivity contribution in [1.82, 2.24) is 29.5 Å². The number of unbranched alkanes of at least 4 members (excludes halogenated alkanes) is 1. The maximum atomic E-state index is 8.81. The third-order valence-electron chi connectivity index (χ3n) is 5.63. The second-order valence-electron chi connectivity index (χ2n) is 8.02. The van der Waals surface area contributed by atoms with E-state index in [1.807, 2.05) is 35.6 Å². The summed E-state index contributed by atoms with van der Waals surface area (Å²) >= 11 is 0. The molecule has 1 atom stereocenters. The summed E-state index contributed by atoms with van der Waals surface area (Å²) < 4.78 is 22.1. The number of hydrogen-bond acceptors (Lipinski definition) is 7. The molecule has 1 fully saturated rings. The molecular formula is C24H28N6O2. The Morgan fingerprint density at radius 2 is 2.03 bits per heavy atom. The van der Waals surface area contributed by atoms with Crippen LogP contribution in [0, 0.1) is 6.92 Å². The third-order valence-corrected chi connectivity index (χ3v) is 5.63. The van der Waals surface area contributed by atoms with Crippen LogP contribution in [0.1, 0.15) is 32.4 Å². The monoisotopic (exact) mass is 434 g/mol. The van der Waals surface area contributed by atoms with Gasteiger partial charge in [-0.3, -0.25) is 14.3 Å². The smallest absolute Gasteiger partial charge is 0.183 e. The normalized spacial score (nSPS) is 16.4. The zero-order valence-corrected chi connectivity index (χ0v) is 18.5. The van der Waals surface area contributed by atoms with Gasteiger partial charge in [0.25, 0.3) is 0 Å². The molecule has 166 valence electrons. The van der Waals surface area contributed by atoms with E-state index < -0.39 is 6.52 Å². The first-order valence-corrected chi connectivity index (χ1v) is 11.1. The van der Waals surface area contributed by atoms with E-state index in [2.05, 4.69) is 27.0 Å². The summed E-state index contributed by atoms with van der Waals surface area (Å²) in [4.78, 5) is 11.2. The zero-order chi connectivity index (χ0) is 22.8. The highest BCUT2D eigenvalue weighted by Crippen LogP contribution is 2.27. The molecule has 0 N–H and O–H groups in total. The molecule has 1 saturated heterocycles. The fraction of sp³-hybridized carbons (Fsp3) is 0.417. The van der Waals surface area contributed by atoms with Gasteiger partial charge in [0.2, 0.25) is 0 Å². The van der Waals surface area contributed by atoms with Gasteiger partial charge in [-0.2, -0.15) is 0 Å². The Bertz CT molecular complexity index is 1270. The van der Waals surface area contributed by atoms with Crippen LogP contribution in [0.4, 0.5) is 0 Å². The van der Waals surface area contributed by atoms with Crippen molar-refractivity contribution in [2.75, 3.05) is 32.9 Å². The fourth-order valence-electron chi connectivity index (χ4n) is 3.93. The highest BCUT2D eigenvalue weighted by atomic mass is 16.5. The van der Waals surface area contributed by atoms with E-state index in [9.17, 15) is 0 Å². The van der Waals surface area contributed by atoms with Gasteiger partial charge in [0.1, 0.15) is 5.75 Å². The Balaban J connectivity index is 1.60. The molecule has 0 bridgehead atoms. The Labute approximate surface area is 188 Å². The maximum absolute atomic E-state index is 8.81. The van der Waals surface area contributed by atoms with Crippen molar-refractivity contribution in [2.24, 2.45) is 0 Å². The van der Waals surface area contributed by atoms with Gasteiger partial charge < -0.3 is 9.47 Å². The predicted molar refractivity (Wildman–Crippen MR) is 123 cm³/mol. The summed E-state index contributed by atoms with van der Waals surface area (Å²) in [7, 11) is 0. The quantitative estimate of drug-likeness (QED) is 0.411. The lowest BCUT2D eigenvalue weighted by atomic mass is 10.1. The topological polar surface area (TPSA) is 77.7 Å². The van der Waals surface area contributed by atoms with Crippen molar-refractivity contribution >= 4 is 16.7 Å². The van der Waals surface area contributed by atoms with Gasteiger partial charge in [-0.15, -0.1) is 10.2 Å². The van der Waals surface area contributed by atoms with Crippen molar-refractivity contribution in [3.63, 3.8) is 0 Å². The standard InChI is InChI=1S/C24H28N6O2/c1-3-4-9-32-20-13-19(14-25-15-20)24-28-27-23-17(2)26-21-6-5-18(12-22(21)30(23)24)16-29-7-10-31-11-8-29/h5-6,12-15H,3-4,7-11,16H2,1-2H3/i16T. The Morgan fingerprint density at radius 3 is 2.88 bits per heavy atom. The Hall–Kier alpha value is -3.10. The second-order valence-corrected chi connectivity index (χ2v) is 8.02. The first kappa shape index (κ1) is 19.6. The van der Waals surface area contributed by atoms with E-state index >= 15 is 0 Å². The maximum Gasteiger partial charge on any atom is 0.183 e. The van der Waals surface area contributed by atoms with Crippen molar-refractivity contribution in [3.05, 3.63) is 47.9 Å². The van der Waals surface area contributed by atoms with Crippen LogP contribution in [0.5, 0.6) is 5.75 Å². The summed E-state index contributed by atoms with van der Waals surface area (Å²) in [5.74, 6) is 1.39. The Morgan fingerprint density at radius 1 is 1.16 bits per heavy atom. The van der Waals surface area contributed by atoms with Crippen molar-refractivity contribution < 1.29 is 10.8 Å². The molecule has 0 spiro atoms. The van der Waals surface area contributed by atoms with Crippen LogP contribution in [-0.4, -0.2) is 62.4 Å². The van der Waals surface area contributed by atoms with Crippen molar-refractivity contribution in [3.8, 4) is 17.1 Å². The van der Waals surface area contributed by atoms with E-state index in [1.54, 1.807) is 12.4 Å². The summed E-state index contributed by atoms with van der Waals surface area (Å²) in [5, 5.41) is 8.90. The van der Waals surface area contributed by atoms with Crippen molar-refractivity contribution in [2.45, 2.75) is 33.2 Å². The second kappa shape index (κ2) is 9.18. The van der Waals surface area contributed by atoms with Crippen molar-refractivity contribution in [1.29, 1.82) is 0 Å². The molecule has 0 saturated carbocycles. The lowest BCUT2D eigenvalue weighted by Gasteiger charge is -2.26. The number of benzene rings is 1. The zero-order valence-electron chi connectivity index (χ0n) is 19.5. The number of pyridine rings is 1. The SMILES string of the molecule is [3H]C(c1ccc2nc(C)c3nnc(-c4cncc(OCCCC)c4)n3c2c1)N1CCOCC1. The van der Waals surface area contributed by atoms with Gasteiger partial charge in [-0.1, -0.05) is 19.4 Å².